The Balaban J connectivity index is 3.36. The highest BCUT2D eigenvalue weighted by atomic mass is 16.5. The fraction of sp³-hybridized carbons (Fsp3) is 0.500. The summed E-state index contributed by atoms with van der Waals surface area (Å²) < 4.78 is 5.29. The molecule has 1 atom stereocenters. The van der Waals surface area contributed by atoms with Gasteiger partial charge in [-0.2, -0.15) is 0 Å². The Labute approximate surface area is 103 Å². The number of ether oxygens (including phenoxy) is 1. The maximum Gasteiger partial charge on any atom is 0.186 e. The Bertz CT molecular complexity index is 436. The lowest BCUT2D eigenvalue weighted by atomic mass is 9.87. The van der Waals surface area contributed by atoms with Gasteiger partial charge in [-0.05, 0) is 44.4 Å². The molecule has 0 heterocycles. The van der Waals surface area contributed by atoms with Gasteiger partial charge in [-0.1, -0.05) is 13.0 Å². The molecule has 1 aromatic rings. The summed E-state index contributed by atoms with van der Waals surface area (Å²) in [5, 5.41) is 0. The van der Waals surface area contributed by atoms with Crippen LogP contribution in [0.5, 0.6) is 5.75 Å². The standard InChI is InChI=1S/C14H21NO2/c1-6-14(4,15)13(16)12-10(3)7-9(2)8-11(12)17-5/h7-8H,6,15H2,1-5H3. The van der Waals surface area contributed by atoms with E-state index in [0.717, 1.165) is 11.1 Å². The van der Waals surface area contributed by atoms with Crippen molar-refractivity contribution in [2.45, 2.75) is 39.7 Å². The number of methoxy groups -OCH3 is 1. The smallest absolute Gasteiger partial charge is 0.186 e. The number of hydrogen-bond acceptors (Lipinski definition) is 3. The van der Waals surface area contributed by atoms with Crippen LogP contribution in [0.4, 0.5) is 0 Å². The number of Topliss-reactive ketones (excluding diaryl/α,β-unsaturated/α-hetero) is 1. The van der Waals surface area contributed by atoms with E-state index in [1.54, 1.807) is 14.0 Å². The van der Waals surface area contributed by atoms with Crippen LogP contribution >= 0.6 is 0 Å². The fourth-order valence-electron chi connectivity index (χ4n) is 1.83. The Morgan fingerprint density at radius 3 is 2.47 bits per heavy atom. The van der Waals surface area contributed by atoms with E-state index >= 15 is 0 Å². The van der Waals surface area contributed by atoms with Gasteiger partial charge in [0.2, 0.25) is 0 Å². The predicted molar refractivity (Wildman–Crippen MR) is 69.7 cm³/mol. The summed E-state index contributed by atoms with van der Waals surface area (Å²) in [4.78, 5) is 12.4. The van der Waals surface area contributed by atoms with Gasteiger partial charge < -0.3 is 10.5 Å². The first kappa shape index (κ1) is 13.7. The minimum absolute atomic E-state index is 0.0608. The second-order valence-electron chi connectivity index (χ2n) is 4.76. The maximum atomic E-state index is 12.4. The second-order valence-corrected chi connectivity index (χ2v) is 4.76. The zero-order valence-corrected chi connectivity index (χ0v) is 11.3. The van der Waals surface area contributed by atoms with Gasteiger partial charge in [0.1, 0.15) is 5.75 Å². The molecule has 0 amide bonds. The van der Waals surface area contributed by atoms with Gasteiger partial charge in [0, 0.05) is 0 Å². The molecule has 3 heteroatoms. The highest BCUT2D eigenvalue weighted by molar-refractivity contribution is 6.06. The van der Waals surface area contributed by atoms with Crippen LogP contribution < -0.4 is 10.5 Å². The summed E-state index contributed by atoms with van der Waals surface area (Å²) in [7, 11) is 1.57. The Kier molecular flexibility index (Phi) is 3.94. The number of carbonyl (C=O) groups is 1. The zero-order valence-electron chi connectivity index (χ0n) is 11.3. The molecule has 0 aliphatic heterocycles. The Morgan fingerprint density at radius 1 is 1.41 bits per heavy atom. The topological polar surface area (TPSA) is 52.3 Å². The summed E-state index contributed by atoms with van der Waals surface area (Å²) in [5.74, 6) is 0.548. The van der Waals surface area contributed by atoms with Gasteiger partial charge in [-0.25, -0.2) is 0 Å². The molecule has 1 rings (SSSR count). The number of hydrogen-bond donors (Lipinski definition) is 1. The number of carbonyl (C=O) groups excluding carboxylic acids is 1. The van der Waals surface area contributed by atoms with Crippen LogP contribution in [0.3, 0.4) is 0 Å². The van der Waals surface area contributed by atoms with Crippen molar-refractivity contribution in [3.8, 4) is 5.75 Å². The van der Waals surface area contributed by atoms with Gasteiger partial charge in [-0.15, -0.1) is 0 Å². The van der Waals surface area contributed by atoms with Crippen LogP contribution in [0.1, 0.15) is 41.8 Å². The summed E-state index contributed by atoms with van der Waals surface area (Å²) in [6.45, 7) is 7.56. The molecule has 0 bridgehead atoms. The molecule has 0 aliphatic rings. The fourth-order valence-corrected chi connectivity index (χ4v) is 1.83. The van der Waals surface area contributed by atoms with Crippen LogP contribution in [-0.2, 0) is 0 Å². The molecule has 2 N–H and O–H groups in total. The largest absolute Gasteiger partial charge is 0.496 e. The normalized spacial score (nSPS) is 14.2. The summed E-state index contributed by atoms with van der Waals surface area (Å²) in [6, 6.07) is 3.84. The molecule has 17 heavy (non-hydrogen) atoms. The van der Waals surface area contributed by atoms with Gasteiger partial charge in [-0.3, -0.25) is 4.79 Å². The first-order valence-electron chi connectivity index (χ1n) is 5.82. The molecule has 0 spiro atoms. The molecular weight excluding hydrogens is 214 g/mol. The number of benzene rings is 1. The molecule has 3 nitrogen and oxygen atoms in total. The van der Waals surface area contributed by atoms with E-state index < -0.39 is 5.54 Å². The average molecular weight is 235 g/mol. The molecule has 0 aromatic heterocycles. The van der Waals surface area contributed by atoms with Crippen molar-refractivity contribution in [2.24, 2.45) is 5.73 Å². The first-order valence-corrected chi connectivity index (χ1v) is 5.82. The average Bonchev–Trinajstić information content (AvgIpc) is 2.27. The predicted octanol–water partition coefficient (Wildman–Crippen LogP) is 2.62. The third-order valence-corrected chi connectivity index (χ3v) is 3.14. The molecule has 0 fully saturated rings. The highest BCUT2D eigenvalue weighted by Crippen LogP contribution is 2.28. The Morgan fingerprint density at radius 2 is 2.00 bits per heavy atom. The lowest BCUT2D eigenvalue weighted by Gasteiger charge is -2.23. The van der Waals surface area contributed by atoms with E-state index in [2.05, 4.69) is 0 Å². The van der Waals surface area contributed by atoms with Gasteiger partial charge in [0.05, 0.1) is 18.2 Å². The van der Waals surface area contributed by atoms with Crippen molar-refractivity contribution in [3.05, 3.63) is 28.8 Å². The van der Waals surface area contributed by atoms with E-state index in [4.69, 9.17) is 10.5 Å². The number of aryl methyl sites for hydroxylation is 2. The van der Waals surface area contributed by atoms with Gasteiger partial charge >= 0.3 is 0 Å². The molecule has 1 unspecified atom stereocenters. The van der Waals surface area contributed by atoms with Crippen LogP contribution in [0, 0.1) is 13.8 Å². The molecular formula is C14H21NO2. The van der Waals surface area contributed by atoms with Crippen molar-refractivity contribution >= 4 is 5.78 Å². The van der Waals surface area contributed by atoms with E-state index in [1.807, 2.05) is 32.9 Å². The monoisotopic (exact) mass is 235 g/mol. The van der Waals surface area contributed by atoms with Gasteiger partial charge in [0.25, 0.3) is 0 Å². The van der Waals surface area contributed by atoms with Crippen molar-refractivity contribution in [1.29, 1.82) is 0 Å². The molecule has 0 saturated carbocycles. The highest BCUT2D eigenvalue weighted by Gasteiger charge is 2.30. The lowest BCUT2D eigenvalue weighted by Crippen LogP contribution is -2.44. The second kappa shape index (κ2) is 4.88. The molecule has 94 valence electrons. The molecule has 0 aliphatic carbocycles. The quantitative estimate of drug-likeness (QED) is 0.816. The van der Waals surface area contributed by atoms with E-state index in [1.165, 1.54) is 0 Å². The minimum Gasteiger partial charge on any atom is -0.496 e. The lowest BCUT2D eigenvalue weighted by molar-refractivity contribution is 0.0894. The first-order chi connectivity index (χ1) is 7.83. The summed E-state index contributed by atoms with van der Waals surface area (Å²) in [6.07, 6.45) is 0.600. The zero-order chi connectivity index (χ0) is 13.2. The Hall–Kier alpha value is -1.35. The van der Waals surface area contributed by atoms with E-state index in [0.29, 0.717) is 17.7 Å². The maximum absolute atomic E-state index is 12.4. The third kappa shape index (κ3) is 2.67. The number of rotatable bonds is 4. The van der Waals surface area contributed by atoms with Crippen molar-refractivity contribution in [1.82, 2.24) is 0 Å². The van der Waals surface area contributed by atoms with Crippen molar-refractivity contribution in [2.75, 3.05) is 7.11 Å². The number of nitrogens with two attached hydrogens (primary N) is 1. The van der Waals surface area contributed by atoms with Crippen LogP contribution in [0.15, 0.2) is 12.1 Å². The SMILES string of the molecule is CCC(C)(N)C(=O)c1c(C)cc(C)cc1OC. The van der Waals surface area contributed by atoms with Gasteiger partial charge in [0.15, 0.2) is 5.78 Å². The van der Waals surface area contributed by atoms with E-state index in [-0.39, 0.29) is 5.78 Å². The van der Waals surface area contributed by atoms with E-state index in [9.17, 15) is 4.79 Å². The van der Waals surface area contributed by atoms with Crippen LogP contribution in [0.2, 0.25) is 0 Å². The third-order valence-electron chi connectivity index (χ3n) is 3.14. The summed E-state index contributed by atoms with van der Waals surface area (Å²) >= 11 is 0. The summed E-state index contributed by atoms with van der Waals surface area (Å²) in [5.41, 5.74) is 7.77. The molecule has 0 saturated heterocycles. The van der Waals surface area contributed by atoms with Crippen molar-refractivity contribution in [3.63, 3.8) is 0 Å². The van der Waals surface area contributed by atoms with Crippen molar-refractivity contribution < 1.29 is 9.53 Å². The van der Waals surface area contributed by atoms with Crippen LogP contribution in [0.25, 0.3) is 0 Å². The molecule has 1 aromatic carbocycles. The van der Waals surface area contributed by atoms with Crippen LogP contribution in [-0.4, -0.2) is 18.4 Å². The minimum atomic E-state index is -0.840. The molecule has 0 radical (unpaired) electrons. The number of ketones is 1.